The molecule has 0 atom stereocenters. The van der Waals surface area contributed by atoms with E-state index in [1.165, 1.54) is 66.6 Å². The monoisotopic (exact) mass is 585 g/mol. The molecule has 6 heteroatoms. The lowest BCUT2D eigenvalue weighted by atomic mass is 9.63. The fraction of sp³-hybridized carbons (Fsp3) is 0.541. The highest BCUT2D eigenvalue weighted by Crippen LogP contribution is 2.50. The van der Waals surface area contributed by atoms with Gasteiger partial charge in [-0.15, -0.1) is 0 Å². The van der Waals surface area contributed by atoms with Crippen LogP contribution in [0, 0.1) is 24.1 Å². The van der Waals surface area contributed by atoms with Crippen LogP contribution in [0.15, 0.2) is 48.5 Å². The molecule has 3 fully saturated rings. The zero-order valence-corrected chi connectivity index (χ0v) is 26.1. The fourth-order valence-corrected chi connectivity index (χ4v) is 7.37. The van der Waals surface area contributed by atoms with Crippen molar-refractivity contribution in [3.05, 3.63) is 76.9 Å². The largest absolute Gasteiger partial charge is 0.493 e. The molecule has 3 heterocycles. The van der Waals surface area contributed by atoms with E-state index in [2.05, 4.69) is 48.3 Å². The Hall–Kier alpha value is -2.96. The van der Waals surface area contributed by atoms with Crippen molar-refractivity contribution in [1.29, 1.82) is 0 Å². The highest BCUT2D eigenvalue weighted by molar-refractivity contribution is 5.84. The van der Waals surface area contributed by atoms with Gasteiger partial charge in [0.25, 0.3) is 0 Å². The molecule has 3 aliphatic rings. The standard InChI is InChI=1S/C37H48FN3O2/c1-3-33-27(2)40-34(26-39-25-29-13-22-42-23-14-29)35(36(33)41-20-18-37(19-21-41)16-4-17-37)30-7-11-32(12-8-30)43-24-15-28-5-9-31(38)10-6-28/h5-12,29,39H,3-4,13-26H2,1-2H3. The summed E-state index contributed by atoms with van der Waals surface area (Å²) in [5, 5.41) is 3.78. The summed E-state index contributed by atoms with van der Waals surface area (Å²) in [7, 11) is 0. The number of aryl methyl sites for hydroxylation is 1. The Bertz CT molecular complexity index is 1340. The number of piperidine rings is 1. The second kappa shape index (κ2) is 13.8. The topological polar surface area (TPSA) is 46.6 Å². The van der Waals surface area contributed by atoms with Crippen molar-refractivity contribution in [2.24, 2.45) is 11.3 Å². The number of hydrogen-bond acceptors (Lipinski definition) is 5. The number of aromatic nitrogens is 1. The Balaban J connectivity index is 1.25. The SMILES string of the molecule is CCc1c(C)nc(CNCC2CCOCC2)c(-c2ccc(OCCc3ccc(F)cc3)cc2)c1N1CCC2(CCC2)CC1. The zero-order chi connectivity index (χ0) is 29.6. The van der Waals surface area contributed by atoms with E-state index in [0.717, 1.165) is 87.8 Å². The third-order valence-corrected chi connectivity index (χ3v) is 10.2. The molecule has 1 saturated carbocycles. The summed E-state index contributed by atoms with van der Waals surface area (Å²) in [4.78, 5) is 7.94. The van der Waals surface area contributed by atoms with Crippen LogP contribution in [0.25, 0.3) is 11.1 Å². The highest BCUT2D eigenvalue weighted by atomic mass is 19.1. The molecule has 0 bridgehead atoms. The first kappa shape index (κ1) is 30.1. The summed E-state index contributed by atoms with van der Waals surface area (Å²) in [6, 6.07) is 15.3. The number of nitrogens with one attached hydrogen (secondary N) is 1. The van der Waals surface area contributed by atoms with Gasteiger partial charge in [0, 0.05) is 50.5 Å². The number of benzene rings is 2. The average molecular weight is 586 g/mol. The van der Waals surface area contributed by atoms with E-state index in [0.29, 0.717) is 17.9 Å². The number of rotatable bonds is 11. The van der Waals surface area contributed by atoms with E-state index in [-0.39, 0.29) is 5.82 Å². The number of anilines is 1. The Morgan fingerprint density at radius 1 is 1.00 bits per heavy atom. The molecule has 2 aromatic carbocycles. The third-order valence-electron chi connectivity index (χ3n) is 10.2. The summed E-state index contributed by atoms with van der Waals surface area (Å²) in [6.07, 6.45) is 10.8. The third kappa shape index (κ3) is 7.07. The van der Waals surface area contributed by atoms with Crippen LogP contribution in [0.1, 0.15) is 74.4 Å². The summed E-state index contributed by atoms with van der Waals surface area (Å²) >= 11 is 0. The lowest BCUT2D eigenvalue weighted by Gasteiger charge is -2.49. The first-order valence-corrected chi connectivity index (χ1v) is 16.6. The van der Waals surface area contributed by atoms with Gasteiger partial charge < -0.3 is 19.7 Å². The van der Waals surface area contributed by atoms with Crippen LogP contribution in [0.3, 0.4) is 0 Å². The average Bonchev–Trinajstić information content (AvgIpc) is 3.02. The molecule has 43 heavy (non-hydrogen) atoms. The molecule has 3 aromatic rings. The van der Waals surface area contributed by atoms with Crippen LogP contribution in [0.4, 0.5) is 10.1 Å². The summed E-state index contributed by atoms with van der Waals surface area (Å²) in [6.45, 7) is 10.8. The summed E-state index contributed by atoms with van der Waals surface area (Å²) in [5.74, 6) is 1.31. The van der Waals surface area contributed by atoms with Crippen LogP contribution in [0.5, 0.6) is 5.75 Å². The Kier molecular flexibility index (Phi) is 9.64. The van der Waals surface area contributed by atoms with Crippen LogP contribution >= 0.6 is 0 Å². The molecular formula is C37H48FN3O2. The van der Waals surface area contributed by atoms with Gasteiger partial charge in [-0.1, -0.05) is 37.6 Å². The van der Waals surface area contributed by atoms with E-state index in [1.807, 2.05) is 12.1 Å². The predicted molar refractivity (Wildman–Crippen MR) is 172 cm³/mol. The Morgan fingerprint density at radius 2 is 1.72 bits per heavy atom. The molecule has 230 valence electrons. The van der Waals surface area contributed by atoms with Crippen molar-refractivity contribution >= 4 is 5.69 Å². The smallest absolute Gasteiger partial charge is 0.123 e. The van der Waals surface area contributed by atoms with E-state index >= 15 is 0 Å². The number of pyridine rings is 1. The zero-order valence-electron chi connectivity index (χ0n) is 26.1. The minimum Gasteiger partial charge on any atom is -0.493 e. The lowest BCUT2D eigenvalue weighted by molar-refractivity contribution is 0.0662. The van der Waals surface area contributed by atoms with Crippen LogP contribution in [-0.4, -0.2) is 44.4 Å². The number of ether oxygens (including phenoxy) is 2. The molecule has 2 aliphatic heterocycles. The van der Waals surface area contributed by atoms with Gasteiger partial charge in [-0.3, -0.25) is 4.98 Å². The van der Waals surface area contributed by atoms with Crippen molar-refractivity contribution in [3.8, 4) is 16.9 Å². The first-order chi connectivity index (χ1) is 21.0. The van der Waals surface area contributed by atoms with Crippen molar-refractivity contribution in [1.82, 2.24) is 10.3 Å². The maximum absolute atomic E-state index is 13.3. The van der Waals surface area contributed by atoms with Gasteiger partial charge in [0.2, 0.25) is 0 Å². The lowest BCUT2D eigenvalue weighted by Crippen LogP contribution is -2.44. The van der Waals surface area contributed by atoms with Gasteiger partial charge in [0.05, 0.1) is 18.0 Å². The maximum atomic E-state index is 13.3. The van der Waals surface area contributed by atoms with Gasteiger partial charge in [-0.25, -0.2) is 4.39 Å². The Morgan fingerprint density at radius 3 is 2.37 bits per heavy atom. The quantitative estimate of drug-likeness (QED) is 0.250. The van der Waals surface area contributed by atoms with Crippen LogP contribution < -0.4 is 15.0 Å². The Labute approximate surface area is 257 Å². The summed E-state index contributed by atoms with van der Waals surface area (Å²) in [5.41, 5.74) is 9.25. The summed E-state index contributed by atoms with van der Waals surface area (Å²) < 4.78 is 24.9. The maximum Gasteiger partial charge on any atom is 0.123 e. The molecular weight excluding hydrogens is 537 g/mol. The first-order valence-electron chi connectivity index (χ1n) is 16.6. The van der Waals surface area contributed by atoms with Gasteiger partial charge >= 0.3 is 0 Å². The van der Waals surface area contributed by atoms with E-state index < -0.39 is 0 Å². The normalized spacial score (nSPS) is 18.5. The van der Waals surface area contributed by atoms with Gasteiger partial charge in [0.15, 0.2) is 0 Å². The molecule has 2 saturated heterocycles. The van der Waals surface area contributed by atoms with Gasteiger partial charge in [-0.2, -0.15) is 0 Å². The molecule has 5 nitrogen and oxygen atoms in total. The number of halogens is 1. The van der Waals surface area contributed by atoms with Crippen molar-refractivity contribution < 1.29 is 13.9 Å². The molecule has 1 aliphatic carbocycles. The predicted octanol–water partition coefficient (Wildman–Crippen LogP) is 7.67. The van der Waals surface area contributed by atoms with Crippen molar-refractivity contribution in [3.63, 3.8) is 0 Å². The van der Waals surface area contributed by atoms with E-state index in [4.69, 9.17) is 14.5 Å². The minimum absolute atomic E-state index is 0.207. The molecule has 6 rings (SSSR count). The molecule has 0 unspecified atom stereocenters. The second-order valence-electron chi connectivity index (χ2n) is 13.0. The van der Waals surface area contributed by atoms with Crippen molar-refractivity contribution in [2.45, 2.75) is 78.2 Å². The minimum atomic E-state index is -0.207. The number of nitrogens with zero attached hydrogens (tertiary/aromatic N) is 2. The van der Waals surface area contributed by atoms with Crippen LogP contribution in [-0.2, 0) is 24.1 Å². The molecule has 0 amide bonds. The number of hydrogen-bond donors (Lipinski definition) is 1. The van der Waals surface area contributed by atoms with E-state index in [9.17, 15) is 4.39 Å². The molecule has 1 N–H and O–H groups in total. The van der Waals surface area contributed by atoms with E-state index in [1.54, 1.807) is 0 Å². The van der Waals surface area contributed by atoms with Crippen molar-refractivity contribution in [2.75, 3.05) is 44.4 Å². The van der Waals surface area contributed by atoms with Gasteiger partial charge in [-0.05, 0) is 111 Å². The molecule has 1 aromatic heterocycles. The van der Waals surface area contributed by atoms with Gasteiger partial charge in [0.1, 0.15) is 11.6 Å². The highest BCUT2D eigenvalue weighted by Gasteiger charge is 2.40. The molecule has 0 radical (unpaired) electrons. The second-order valence-corrected chi connectivity index (χ2v) is 13.0. The van der Waals surface area contributed by atoms with Crippen LogP contribution in [0.2, 0.25) is 0 Å². The molecule has 1 spiro atoms. The fourth-order valence-electron chi connectivity index (χ4n) is 7.37.